The van der Waals surface area contributed by atoms with Gasteiger partial charge in [-0.1, -0.05) is 13.8 Å². The van der Waals surface area contributed by atoms with Crippen LogP contribution in [0.4, 0.5) is 23.2 Å². The number of alkyl halides is 3. The van der Waals surface area contributed by atoms with Gasteiger partial charge in [0.05, 0.1) is 17.9 Å². The average Bonchev–Trinajstić information content (AvgIpc) is 2.28. The van der Waals surface area contributed by atoms with Gasteiger partial charge >= 0.3 is 6.18 Å². The van der Waals surface area contributed by atoms with Crippen molar-refractivity contribution in [1.29, 1.82) is 0 Å². The lowest BCUT2D eigenvalue weighted by Gasteiger charge is -2.20. The van der Waals surface area contributed by atoms with Gasteiger partial charge in [0.2, 0.25) is 0 Å². The van der Waals surface area contributed by atoms with Gasteiger partial charge in [-0.3, -0.25) is 0 Å². The Morgan fingerprint density at radius 2 is 1.89 bits per heavy atom. The molecule has 0 aliphatic heterocycles. The molecule has 2 nitrogen and oxygen atoms in total. The first kappa shape index (κ1) is 15.8. The highest BCUT2D eigenvalue weighted by atomic mass is 19.4. The predicted molar refractivity (Wildman–Crippen MR) is 65.4 cm³/mol. The van der Waals surface area contributed by atoms with Gasteiger partial charge in [-0.25, -0.2) is 4.39 Å². The molecule has 0 heterocycles. The van der Waals surface area contributed by atoms with Crippen LogP contribution in [0.3, 0.4) is 0 Å². The van der Waals surface area contributed by atoms with E-state index in [9.17, 15) is 17.6 Å². The highest BCUT2D eigenvalue weighted by Gasteiger charge is 2.31. The van der Waals surface area contributed by atoms with E-state index in [-0.39, 0.29) is 24.3 Å². The monoisotopic (exact) mass is 279 g/mol. The molecule has 2 N–H and O–H groups in total. The molecular weight excluding hydrogens is 262 g/mol. The Morgan fingerprint density at radius 3 is 2.32 bits per heavy atom. The number of hydrogen-bond acceptors (Lipinski definition) is 2. The van der Waals surface area contributed by atoms with Gasteiger partial charge in [0.1, 0.15) is 5.82 Å². The molecule has 0 bridgehead atoms. The maximum absolute atomic E-state index is 13.6. The molecule has 1 atom stereocenters. The van der Waals surface area contributed by atoms with E-state index in [1.165, 1.54) is 0 Å². The summed E-state index contributed by atoms with van der Waals surface area (Å²) in [6, 6.07) is 1.92. The maximum atomic E-state index is 13.6. The molecule has 0 radical (unpaired) electrons. The van der Waals surface area contributed by atoms with Gasteiger partial charge in [0.25, 0.3) is 0 Å². The Labute approximate surface area is 109 Å². The van der Waals surface area contributed by atoms with E-state index in [1.54, 1.807) is 0 Å². The van der Waals surface area contributed by atoms with Gasteiger partial charge in [0, 0.05) is 6.04 Å². The minimum Gasteiger partial charge on any atom is -0.394 e. The van der Waals surface area contributed by atoms with Crippen LogP contribution in [0.15, 0.2) is 18.2 Å². The van der Waals surface area contributed by atoms with Crippen molar-refractivity contribution in [2.75, 3.05) is 11.9 Å². The summed E-state index contributed by atoms with van der Waals surface area (Å²) in [4.78, 5) is 0. The maximum Gasteiger partial charge on any atom is 0.416 e. The third-order valence-corrected chi connectivity index (χ3v) is 2.63. The Kier molecular flexibility index (Phi) is 5.17. The molecule has 0 aliphatic rings. The fourth-order valence-corrected chi connectivity index (χ4v) is 1.78. The number of halogens is 4. The van der Waals surface area contributed by atoms with Crippen molar-refractivity contribution in [3.05, 3.63) is 29.6 Å². The van der Waals surface area contributed by atoms with Gasteiger partial charge in [-0.2, -0.15) is 13.2 Å². The van der Waals surface area contributed by atoms with Crippen LogP contribution < -0.4 is 5.32 Å². The molecule has 108 valence electrons. The standard InChI is InChI=1S/C13H17F4NO/c1-8(2)5-10(7-19)18-12-4-3-9(6-11(12)14)13(15,16)17/h3-4,6,8,10,18-19H,5,7H2,1-2H3. The fourth-order valence-electron chi connectivity index (χ4n) is 1.78. The SMILES string of the molecule is CC(C)CC(CO)Nc1ccc(C(F)(F)F)cc1F. The minimum atomic E-state index is -4.56. The molecule has 1 aromatic rings. The summed E-state index contributed by atoms with van der Waals surface area (Å²) in [6.45, 7) is 3.67. The van der Waals surface area contributed by atoms with Crippen LogP contribution in [-0.2, 0) is 6.18 Å². The van der Waals surface area contributed by atoms with Crippen LogP contribution in [0.2, 0.25) is 0 Å². The van der Waals surface area contributed by atoms with E-state index < -0.39 is 17.6 Å². The first-order chi connectivity index (χ1) is 8.74. The van der Waals surface area contributed by atoms with Crippen LogP contribution in [0, 0.1) is 11.7 Å². The first-order valence-electron chi connectivity index (χ1n) is 5.98. The molecule has 6 heteroatoms. The lowest BCUT2D eigenvalue weighted by Crippen LogP contribution is -2.26. The van der Waals surface area contributed by atoms with Crippen molar-refractivity contribution >= 4 is 5.69 Å². The number of nitrogens with one attached hydrogen (secondary N) is 1. The summed E-state index contributed by atoms with van der Waals surface area (Å²) in [5, 5.41) is 11.9. The molecule has 1 unspecified atom stereocenters. The zero-order valence-electron chi connectivity index (χ0n) is 10.8. The van der Waals surface area contributed by atoms with Crippen molar-refractivity contribution in [3.63, 3.8) is 0 Å². The molecule has 1 aromatic carbocycles. The smallest absolute Gasteiger partial charge is 0.394 e. The second-order valence-electron chi connectivity index (χ2n) is 4.85. The second-order valence-corrected chi connectivity index (χ2v) is 4.85. The van der Waals surface area contributed by atoms with Crippen LogP contribution in [-0.4, -0.2) is 17.8 Å². The summed E-state index contributed by atoms with van der Waals surface area (Å²) in [5.41, 5.74) is -1.06. The van der Waals surface area contributed by atoms with Gasteiger partial charge in [0.15, 0.2) is 0 Å². The lowest BCUT2D eigenvalue weighted by molar-refractivity contribution is -0.137. The van der Waals surface area contributed by atoms with Gasteiger partial charge in [-0.15, -0.1) is 0 Å². The van der Waals surface area contributed by atoms with E-state index in [1.807, 2.05) is 13.8 Å². The van der Waals surface area contributed by atoms with Crippen molar-refractivity contribution in [1.82, 2.24) is 0 Å². The third kappa shape index (κ3) is 4.70. The summed E-state index contributed by atoms with van der Waals surface area (Å²) in [5.74, 6) is -0.695. The summed E-state index contributed by atoms with van der Waals surface area (Å²) >= 11 is 0. The topological polar surface area (TPSA) is 32.3 Å². The zero-order valence-corrected chi connectivity index (χ0v) is 10.8. The molecule has 0 saturated heterocycles. The van der Waals surface area contributed by atoms with E-state index in [4.69, 9.17) is 5.11 Å². The van der Waals surface area contributed by atoms with Crippen molar-refractivity contribution in [3.8, 4) is 0 Å². The number of benzene rings is 1. The molecule has 0 spiro atoms. The number of anilines is 1. The van der Waals surface area contributed by atoms with Gasteiger partial charge < -0.3 is 10.4 Å². The average molecular weight is 279 g/mol. The van der Waals surface area contributed by atoms with Crippen LogP contribution in [0.1, 0.15) is 25.8 Å². The Bertz CT molecular complexity index is 418. The lowest BCUT2D eigenvalue weighted by atomic mass is 10.0. The molecule has 0 fully saturated rings. The van der Waals surface area contributed by atoms with Crippen molar-refractivity contribution < 1.29 is 22.7 Å². The summed E-state index contributed by atoms with van der Waals surface area (Å²) in [6.07, 6.45) is -3.97. The summed E-state index contributed by atoms with van der Waals surface area (Å²) in [7, 11) is 0. The fraction of sp³-hybridized carbons (Fsp3) is 0.538. The highest BCUT2D eigenvalue weighted by Crippen LogP contribution is 2.31. The quantitative estimate of drug-likeness (QED) is 0.806. The second kappa shape index (κ2) is 6.23. The third-order valence-electron chi connectivity index (χ3n) is 2.63. The number of aliphatic hydroxyl groups is 1. The predicted octanol–water partition coefficient (Wildman–Crippen LogP) is 3.66. The van der Waals surface area contributed by atoms with E-state index in [0.717, 1.165) is 12.1 Å². The zero-order chi connectivity index (χ0) is 14.6. The van der Waals surface area contributed by atoms with Crippen LogP contribution >= 0.6 is 0 Å². The number of hydrogen-bond donors (Lipinski definition) is 2. The highest BCUT2D eigenvalue weighted by molar-refractivity contribution is 5.47. The van der Waals surface area contributed by atoms with Gasteiger partial charge in [-0.05, 0) is 30.5 Å². The number of aliphatic hydroxyl groups excluding tert-OH is 1. The Morgan fingerprint density at radius 1 is 1.26 bits per heavy atom. The molecular formula is C13H17F4NO. The summed E-state index contributed by atoms with van der Waals surface area (Å²) < 4.78 is 50.7. The van der Waals surface area contributed by atoms with E-state index in [2.05, 4.69) is 5.32 Å². The molecule has 1 rings (SSSR count). The molecule has 0 aliphatic carbocycles. The van der Waals surface area contributed by atoms with Crippen molar-refractivity contribution in [2.45, 2.75) is 32.5 Å². The van der Waals surface area contributed by atoms with Crippen molar-refractivity contribution in [2.24, 2.45) is 5.92 Å². The minimum absolute atomic E-state index is 0.0345. The largest absolute Gasteiger partial charge is 0.416 e. The molecule has 19 heavy (non-hydrogen) atoms. The Balaban J connectivity index is 2.85. The van der Waals surface area contributed by atoms with Crippen LogP contribution in [0.25, 0.3) is 0 Å². The molecule has 0 aromatic heterocycles. The van der Waals surface area contributed by atoms with Crippen LogP contribution in [0.5, 0.6) is 0 Å². The number of rotatable bonds is 5. The normalized spacial score (nSPS) is 13.7. The molecule has 0 saturated carbocycles. The van der Waals surface area contributed by atoms with E-state index in [0.29, 0.717) is 12.5 Å². The Hall–Kier alpha value is -1.30. The van der Waals surface area contributed by atoms with E-state index >= 15 is 0 Å². The first-order valence-corrected chi connectivity index (χ1v) is 5.98. The molecule has 0 amide bonds.